The van der Waals surface area contributed by atoms with Gasteiger partial charge in [-0.25, -0.2) is 8.42 Å². The highest BCUT2D eigenvalue weighted by Crippen LogP contribution is 2.19. The van der Waals surface area contributed by atoms with E-state index in [0.29, 0.717) is 38.3 Å². The van der Waals surface area contributed by atoms with Gasteiger partial charge in [-0.1, -0.05) is 0 Å². The largest absolute Gasteiger partial charge is 0.383 e. The van der Waals surface area contributed by atoms with Crippen molar-refractivity contribution in [2.75, 3.05) is 37.6 Å². The molecule has 1 aliphatic heterocycles. The van der Waals surface area contributed by atoms with Gasteiger partial charge in [0.2, 0.25) is 5.91 Å². The highest BCUT2D eigenvalue weighted by molar-refractivity contribution is 7.91. The van der Waals surface area contributed by atoms with E-state index in [0.717, 1.165) is 0 Å². The van der Waals surface area contributed by atoms with Crippen molar-refractivity contribution >= 4 is 27.3 Å². The summed E-state index contributed by atoms with van der Waals surface area (Å²) in [7, 11) is -1.42. The van der Waals surface area contributed by atoms with Crippen LogP contribution in [0.4, 0.5) is 0 Å². The van der Waals surface area contributed by atoms with E-state index in [-0.39, 0.29) is 23.5 Å². The Labute approximate surface area is 113 Å². The maximum atomic E-state index is 12.0. The van der Waals surface area contributed by atoms with Crippen molar-refractivity contribution in [3.8, 4) is 0 Å². The lowest BCUT2D eigenvalue weighted by atomic mass is 10.2. The maximum absolute atomic E-state index is 12.0. The molecule has 0 spiro atoms. The van der Waals surface area contributed by atoms with Crippen LogP contribution in [0.2, 0.25) is 0 Å². The summed E-state index contributed by atoms with van der Waals surface area (Å²) in [6.07, 6.45) is 1.51. The van der Waals surface area contributed by atoms with Gasteiger partial charge >= 0.3 is 0 Å². The summed E-state index contributed by atoms with van der Waals surface area (Å²) in [5, 5.41) is 0. The van der Waals surface area contributed by atoms with Crippen molar-refractivity contribution in [2.45, 2.75) is 25.3 Å². The average Bonchev–Trinajstić information content (AvgIpc) is 2.67. The first-order valence-electron chi connectivity index (χ1n) is 6.05. The molecule has 1 amide bonds. The summed E-state index contributed by atoms with van der Waals surface area (Å²) in [5.74, 6) is 0.648. The van der Waals surface area contributed by atoms with Gasteiger partial charge in [-0.05, 0) is 12.8 Å². The lowest BCUT2D eigenvalue weighted by molar-refractivity contribution is -0.133. The van der Waals surface area contributed by atoms with Crippen molar-refractivity contribution in [1.29, 1.82) is 0 Å². The normalized spacial score (nSPS) is 22.0. The van der Waals surface area contributed by atoms with Crippen LogP contribution in [-0.4, -0.2) is 62.9 Å². The number of halogens is 1. The summed E-state index contributed by atoms with van der Waals surface area (Å²) in [6, 6.07) is -0.201. The molecule has 5 nitrogen and oxygen atoms in total. The van der Waals surface area contributed by atoms with Crippen LogP contribution in [0.3, 0.4) is 0 Å². The third kappa shape index (κ3) is 4.74. The molecule has 106 valence electrons. The van der Waals surface area contributed by atoms with Crippen LogP contribution < -0.4 is 0 Å². The topological polar surface area (TPSA) is 63.7 Å². The minimum absolute atomic E-state index is 0.0326. The smallest absolute Gasteiger partial charge is 0.222 e. The standard InChI is InChI=1S/C11H20ClNO4S/c1-17-7-6-13(11(14)3-2-5-12)10-4-8-18(15,16)9-10/h10H,2-9H2,1H3. The molecule has 0 aromatic heterocycles. The Hall–Kier alpha value is -0.330. The molecule has 0 aromatic rings. The highest BCUT2D eigenvalue weighted by Gasteiger charge is 2.34. The van der Waals surface area contributed by atoms with Crippen LogP contribution in [0.25, 0.3) is 0 Å². The number of hydrogen-bond acceptors (Lipinski definition) is 4. The van der Waals surface area contributed by atoms with Crippen molar-refractivity contribution in [2.24, 2.45) is 0 Å². The van der Waals surface area contributed by atoms with Crippen LogP contribution in [-0.2, 0) is 19.4 Å². The Balaban J connectivity index is 2.63. The van der Waals surface area contributed by atoms with E-state index in [1.807, 2.05) is 0 Å². The Morgan fingerprint density at radius 3 is 2.72 bits per heavy atom. The molecule has 1 rings (SSSR count). The van der Waals surface area contributed by atoms with Crippen molar-refractivity contribution in [3.05, 3.63) is 0 Å². The van der Waals surface area contributed by atoms with Gasteiger partial charge in [0, 0.05) is 32.0 Å². The number of alkyl halides is 1. The van der Waals surface area contributed by atoms with E-state index in [1.165, 1.54) is 0 Å². The zero-order valence-corrected chi connectivity index (χ0v) is 12.2. The summed E-state index contributed by atoms with van der Waals surface area (Å²) < 4.78 is 27.9. The Morgan fingerprint density at radius 1 is 1.50 bits per heavy atom. The molecule has 1 heterocycles. The van der Waals surface area contributed by atoms with E-state index in [9.17, 15) is 13.2 Å². The Morgan fingerprint density at radius 2 is 2.22 bits per heavy atom. The molecular formula is C11H20ClNO4S. The fourth-order valence-electron chi connectivity index (χ4n) is 2.08. The van der Waals surface area contributed by atoms with Gasteiger partial charge in [0.25, 0.3) is 0 Å². The van der Waals surface area contributed by atoms with Gasteiger partial charge in [0.1, 0.15) is 0 Å². The van der Waals surface area contributed by atoms with E-state index in [4.69, 9.17) is 16.3 Å². The molecule has 1 aliphatic rings. The van der Waals surface area contributed by atoms with Gasteiger partial charge in [0.15, 0.2) is 9.84 Å². The molecule has 0 aliphatic carbocycles. The highest BCUT2D eigenvalue weighted by atomic mass is 35.5. The van der Waals surface area contributed by atoms with Crippen molar-refractivity contribution in [1.82, 2.24) is 4.90 Å². The van der Waals surface area contributed by atoms with Crippen LogP contribution in [0.5, 0.6) is 0 Å². The average molecular weight is 298 g/mol. The monoisotopic (exact) mass is 297 g/mol. The van der Waals surface area contributed by atoms with Gasteiger partial charge in [-0.3, -0.25) is 4.79 Å². The van der Waals surface area contributed by atoms with Gasteiger partial charge < -0.3 is 9.64 Å². The van der Waals surface area contributed by atoms with E-state index in [1.54, 1.807) is 12.0 Å². The van der Waals surface area contributed by atoms with Crippen LogP contribution in [0, 0.1) is 0 Å². The predicted octanol–water partition coefficient (Wildman–Crippen LogP) is 0.667. The van der Waals surface area contributed by atoms with Crippen molar-refractivity contribution in [3.63, 3.8) is 0 Å². The predicted molar refractivity (Wildman–Crippen MR) is 70.6 cm³/mol. The molecule has 0 N–H and O–H groups in total. The number of sulfone groups is 1. The molecule has 0 bridgehead atoms. The summed E-state index contributed by atoms with van der Waals surface area (Å²) in [5.41, 5.74) is 0. The molecule has 18 heavy (non-hydrogen) atoms. The first kappa shape index (κ1) is 15.7. The van der Waals surface area contributed by atoms with Gasteiger partial charge in [-0.15, -0.1) is 11.6 Å². The lowest BCUT2D eigenvalue weighted by Crippen LogP contribution is -2.43. The number of nitrogens with zero attached hydrogens (tertiary/aromatic N) is 1. The fraction of sp³-hybridized carbons (Fsp3) is 0.909. The Bertz CT molecular complexity index is 371. The number of carbonyl (C=O) groups is 1. The van der Waals surface area contributed by atoms with Crippen LogP contribution in [0.15, 0.2) is 0 Å². The summed E-state index contributed by atoms with van der Waals surface area (Å²) in [6.45, 7) is 0.862. The zero-order chi connectivity index (χ0) is 13.6. The van der Waals surface area contributed by atoms with Crippen molar-refractivity contribution < 1.29 is 17.9 Å². The summed E-state index contributed by atoms with van der Waals surface area (Å²) in [4.78, 5) is 13.7. The Kier molecular flexibility index (Phi) is 6.38. The van der Waals surface area contributed by atoms with Gasteiger partial charge in [0.05, 0.1) is 18.1 Å². The maximum Gasteiger partial charge on any atom is 0.222 e. The fourth-order valence-corrected chi connectivity index (χ4v) is 3.95. The molecular weight excluding hydrogens is 278 g/mol. The van der Waals surface area contributed by atoms with E-state index in [2.05, 4.69) is 0 Å². The number of carbonyl (C=O) groups excluding carboxylic acids is 1. The van der Waals surface area contributed by atoms with Crippen LogP contribution in [0.1, 0.15) is 19.3 Å². The number of rotatable bonds is 7. The lowest BCUT2D eigenvalue weighted by Gasteiger charge is -2.28. The molecule has 1 fully saturated rings. The molecule has 1 saturated heterocycles. The van der Waals surface area contributed by atoms with Crippen LogP contribution >= 0.6 is 11.6 Å². The summed E-state index contributed by atoms with van der Waals surface area (Å²) >= 11 is 5.57. The quantitative estimate of drug-likeness (QED) is 0.648. The molecule has 7 heteroatoms. The second kappa shape index (κ2) is 7.31. The third-order valence-corrected chi connectivity index (χ3v) is 5.05. The second-order valence-corrected chi connectivity index (χ2v) is 7.04. The first-order chi connectivity index (χ1) is 8.50. The first-order valence-corrected chi connectivity index (χ1v) is 8.40. The second-order valence-electron chi connectivity index (χ2n) is 4.43. The molecule has 0 aromatic carbocycles. The molecule has 1 atom stereocenters. The number of hydrogen-bond donors (Lipinski definition) is 0. The number of ether oxygens (including phenoxy) is 1. The molecule has 0 radical (unpaired) electrons. The van der Waals surface area contributed by atoms with E-state index >= 15 is 0 Å². The zero-order valence-electron chi connectivity index (χ0n) is 10.6. The minimum atomic E-state index is -2.98. The number of amides is 1. The molecule has 1 unspecified atom stereocenters. The number of methoxy groups -OCH3 is 1. The van der Waals surface area contributed by atoms with E-state index < -0.39 is 9.84 Å². The van der Waals surface area contributed by atoms with Gasteiger partial charge in [-0.2, -0.15) is 0 Å². The third-order valence-electron chi connectivity index (χ3n) is 3.03. The minimum Gasteiger partial charge on any atom is -0.383 e. The SMILES string of the molecule is COCCN(C(=O)CCCCl)C1CCS(=O)(=O)C1. The molecule has 0 saturated carbocycles.